The van der Waals surface area contributed by atoms with Gasteiger partial charge in [0.05, 0.1) is 13.2 Å². The molecule has 4 nitrogen and oxygen atoms in total. The number of aromatic nitrogens is 1. The number of aliphatic hydroxyl groups is 1. The van der Waals surface area contributed by atoms with Crippen molar-refractivity contribution < 1.29 is 15.3 Å². The summed E-state index contributed by atoms with van der Waals surface area (Å²) in [6.07, 6.45) is 8.02. The fraction of sp³-hybridized carbons (Fsp3) is 0.714. The fourth-order valence-corrected chi connectivity index (χ4v) is 2.18. The number of hydrogen-bond donors (Lipinski definition) is 3. The molecule has 0 fully saturated rings. The van der Waals surface area contributed by atoms with E-state index in [1.54, 1.807) is 6.07 Å². The first-order valence-corrected chi connectivity index (χ1v) is 6.91. The van der Waals surface area contributed by atoms with Crippen LogP contribution in [0.3, 0.4) is 0 Å². The number of nitrogens with zero attached hydrogens (tertiary/aromatic N) is 1. The minimum Gasteiger partial charge on any atom is -0.494 e. The van der Waals surface area contributed by atoms with E-state index in [-0.39, 0.29) is 24.9 Å². The van der Waals surface area contributed by atoms with E-state index in [2.05, 4.69) is 6.92 Å². The van der Waals surface area contributed by atoms with E-state index in [4.69, 9.17) is 5.11 Å². The Hall–Kier alpha value is -1.16. The van der Waals surface area contributed by atoms with Crippen LogP contribution in [0.5, 0.6) is 11.8 Å². The lowest BCUT2D eigenvalue weighted by atomic mass is 10.1. The van der Waals surface area contributed by atoms with Crippen molar-refractivity contribution in [3.05, 3.63) is 11.6 Å². The van der Waals surface area contributed by atoms with Crippen molar-refractivity contribution in [3.8, 4) is 11.8 Å². The minimum atomic E-state index is -0.0910. The third-order valence-corrected chi connectivity index (χ3v) is 3.25. The summed E-state index contributed by atoms with van der Waals surface area (Å²) in [5.41, 5.74) is 0.774. The van der Waals surface area contributed by atoms with E-state index in [9.17, 15) is 10.2 Å². The zero-order valence-corrected chi connectivity index (χ0v) is 11.2. The number of aliphatic hydroxyl groups excluding tert-OH is 1. The smallest absolute Gasteiger partial charge is 0.197 e. The molecule has 1 aromatic rings. The summed E-state index contributed by atoms with van der Waals surface area (Å²) in [7, 11) is 0. The largest absolute Gasteiger partial charge is 0.494 e. The standard InChI is InChI=1S/C14H25NO3/c1-2-3-4-5-6-7-8-12-11-13(17)15(9-10-16)14(12)18/h11,16-18H,2-10H2,1H3. The summed E-state index contributed by atoms with van der Waals surface area (Å²) in [5, 5.41) is 28.3. The number of aryl methyl sites for hydroxylation is 1. The predicted molar refractivity (Wildman–Crippen MR) is 71.9 cm³/mol. The monoisotopic (exact) mass is 255 g/mol. The first-order valence-electron chi connectivity index (χ1n) is 6.91. The van der Waals surface area contributed by atoms with Crippen molar-refractivity contribution in [1.82, 2.24) is 4.57 Å². The van der Waals surface area contributed by atoms with Gasteiger partial charge in [-0.05, 0) is 12.8 Å². The van der Waals surface area contributed by atoms with Crippen LogP contribution in [0.2, 0.25) is 0 Å². The molecule has 1 rings (SSSR count). The molecule has 0 amide bonds. The lowest BCUT2D eigenvalue weighted by molar-refractivity contribution is 0.256. The van der Waals surface area contributed by atoms with E-state index < -0.39 is 0 Å². The quantitative estimate of drug-likeness (QED) is 0.594. The summed E-state index contributed by atoms with van der Waals surface area (Å²) in [4.78, 5) is 0. The van der Waals surface area contributed by atoms with Crippen LogP contribution in [0.15, 0.2) is 6.07 Å². The van der Waals surface area contributed by atoms with Crippen molar-refractivity contribution in [2.75, 3.05) is 6.61 Å². The number of aromatic hydroxyl groups is 2. The highest BCUT2D eigenvalue weighted by atomic mass is 16.3. The van der Waals surface area contributed by atoms with Crippen molar-refractivity contribution in [2.45, 2.75) is 58.4 Å². The third kappa shape index (κ3) is 4.26. The molecule has 0 bridgehead atoms. The average Bonchev–Trinajstić information content (AvgIpc) is 2.62. The number of hydrogen-bond acceptors (Lipinski definition) is 3. The van der Waals surface area contributed by atoms with Gasteiger partial charge in [0.15, 0.2) is 11.8 Å². The maximum atomic E-state index is 9.87. The van der Waals surface area contributed by atoms with E-state index in [1.165, 1.54) is 30.3 Å². The third-order valence-electron chi connectivity index (χ3n) is 3.25. The van der Waals surface area contributed by atoms with Gasteiger partial charge >= 0.3 is 0 Å². The Bertz CT molecular complexity index is 347. The predicted octanol–water partition coefficient (Wildman–Crippen LogP) is 2.79. The minimum absolute atomic E-state index is 0.0301. The van der Waals surface area contributed by atoms with Crippen LogP contribution in [-0.2, 0) is 13.0 Å². The van der Waals surface area contributed by atoms with Crippen molar-refractivity contribution >= 4 is 0 Å². The van der Waals surface area contributed by atoms with Gasteiger partial charge in [-0.3, -0.25) is 4.57 Å². The molecule has 0 spiro atoms. The van der Waals surface area contributed by atoms with Crippen molar-refractivity contribution in [3.63, 3.8) is 0 Å². The Kier molecular flexibility index (Phi) is 6.65. The Morgan fingerprint density at radius 2 is 1.72 bits per heavy atom. The summed E-state index contributed by atoms with van der Waals surface area (Å²) in [6.45, 7) is 2.34. The lowest BCUT2D eigenvalue weighted by Crippen LogP contribution is -2.00. The van der Waals surface area contributed by atoms with Gasteiger partial charge in [0.25, 0.3) is 0 Å². The number of rotatable bonds is 9. The topological polar surface area (TPSA) is 65.6 Å². The highest BCUT2D eigenvalue weighted by Crippen LogP contribution is 2.28. The first kappa shape index (κ1) is 14.9. The molecule has 104 valence electrons. The zero-order valence-electron chi connectivity index (χ0n) is 11.2. The van der Waals surface area contributed by atoms with Crippen LogP contribution in [0.1, 0.15) is 51.0 Å². The molecule has 0 radical (unpaired) electrons. The van der Waals surface area contributed by atoms with Crippen LogP contribution >= 0.6 is 0 Å². The SMILES string of the molecule is CCCCCCCCc1cc(O)n(CCO)c1O. The molecule has 0 saturated carbocycles. The summed E-state index contributed by atoms with van der Waals surface area (Å²) in [6, 6.07) is 1.59. The van der Waals surface area contributed by atoms with Crippen LogP contribution in [0.25, 0.3) is 0 Å². The molecule has 3 N–H and O–H groups in total. The zero-order chi connectivity index (χ0) is 13.4. The van der Waals surface area contributed by atoms with Crippen molar-refractivity contribution in [2.24, 2.45) is 0 Å². The molecule has 4 heteroatoms. The average molecular weight is 255 g/mol. The molecule has 0 unspecified atom stereocenters. The molecule has 18 heavy (non-hydrogen) atoms. The first-order chi connectivity index (χ1) is 8.70. The van der Waals surface area contributed by atoms with Gasteiger partial charge in [-0.1, -0.05) is 39.0 Å². The van der Waals surface area contributed by atoms with Gasteiger partial charge in [-0.15, -0.1) is 0 Å². The molecular weight excluding hydrogens is 230 g/mol. The van der Waals surface area contributed by atoms with Gasteiger partial charge in [-0.25, -0.2) is 0 Å². The molecule has 1 heterocycles. The lowest BCUT2D eigenvalue weighted by Gasteiger charge is -2.04. The van der Waals surface area contributed by atoms with Crippen molar-refractivity contribution in [1.29, 1.82) is 0 Å². The number of unbranched alkanes of at least 4 members (excludes halogenated alkanes) is 5. The highest BCUT2D eigenvalue weighted by Gasteiger charge is 2.12. The Labute approximate surface area is 109 Å². The van der Waals surface area contributed by atoms with E-state index in [0.717, 1.165) is 24.8 Å². The molecular formula is C14H25NO3. The van der Waals surface area contributed by atoms with Gasteiger partial charge in [0.2, 0.25) is 0 Å². The molecule has 0 aliphatic heterocycles. The summed E-state index contributed by atoms with van der Waals surface area (Å²) in [5.74, 6) is 0.123. The van der Waals surface area contributed by atoms with Crippen LogP contribution in [0.4, 0.5) is 0 Å². The second-order valence-electron chi connectivity index (χ2n) is 4.74. The summed E-state index contributed by atoms with van der Waals surface area (Å²) >= 11 is 0. The van der Waals surface area contributed by atoms with E-state index in [0.29, 0.717) is 0 Å². The molecule has 1 aromatic heterocycles. The van der Waals surface area contributed by atoms with Crippen LogP contribution in [0, 0.1) is 0 Å². The normalized spacial score (nSPS) is 11.0. The van der Waals surface area contributed by atoms with Crippen LogP contribution in [-0.4, -0.2) is 26.5 Å². The Balaban J connectivity index is 2.36. The molecule has 0 saturated heterocycles. The fourth-order valence-electron chi connectivity index (χ4n) is 2.18. The second-order valence-corrected chi connectivity index (χ2v) is 4.74. The van der Waals surface area contributed by atoms with Gasteiger partial charge in [-0.2, -0.15) is 0 Å². The molecule has 0 aromatic carbocycles. The van der Waals surface area contributed by atoms with E-state index >= 15 is 0 Å². The van der Waals surface area contributed by atoms with Gasteiger partial charge < -0.3 is 15.3 Å². The van der Waals surface area contributed by atoms with E-state index in [1.807, 2.05) is 0 Å². The highest BCUT2D eigenvalue weighted by molar-refractivity contribution is 5.35. The molecule has 0 aliphatic carbocycles. The molecule has 0 atom stereocenters. The van der Waals surface area contributed by atoms with Gasteiger partial charge in [0.1, 0.15) is 0 Å². The molecule has 0 aliphatic rings. The second kappa shape index (κ2) is 8.03. The maximum Gasteiger partial charge on any atom is 0.197 e. The van der Waals surface area contributed by atoms with Crippen LogP contribution < -0.4 is 0 Å². The van der Waals surface area contributed by atoms with Gasteiger partial charge in [0, 0.05) is 11.6 Å². The summed E-state index contributed by atoms with van der Waals surface area (Å²) < 4.78 is 1.34. The maximum absolute atomic E-state index is 9.87. The Morgan fingerprint density at radius 3 is 2.39 bits per heavy atom. The Morgan fingerprint density at radius 1 is 1.06 bits per heavy atom.